The van der Waals surface area contributed by atoms with Crippen molar-refractivity contribution < 1.29 is 13.2 Å². The van der Waals surface area contributed by atoms with E-state index in [9.17, 15) is 13.2 Å². The number of rotatable bonds is 5. The Kier molecular flexibility index (Phi) is 5.87. The van der Waals surface area contributed by atoms with Crippen LogP contribution in [0.15, 0.2) is 28.7 Å². The Bertz CT molecular complexity index is 676. The molecule has 0 amide bonds. The van der Waals surface area contributed by atoms with Gasteiger partial charge in [-0.15, -0.1) is 11.3 Å². The number of aryl methyl sites for hydroxylation is 1. The van der Waals surface area contributed by atoms with Crippen LogP contribution < -0.4 is 10.6 Å². The van der Waals surface area contributed by atoms with Gasteiger partial charge in [0.05, 0.1) is 0 Å². The van der Waals surface area contributed by atoms with E-state index in [4.69, 9.17) is 0 Å². The molecule has 1 unspecified atom stereocenters. The van der Waals surface area contributed by atoms with E-state index < -0.39 is 11.9 Å². The highest BCUT2D eigenvalue weighted by Crippen LogP contribution is 2.30. The molecule has 0 bridgehead atoms. The second-order valence-electron chi connectivity index (χ2n) is 5.40. The van der Waals surface area contributed by atoms with E-state index in [1.54, 1.807) is 18.4 Å². The number of guanidine groups is 1. The third-order valence-corrected chi connectivity index (χ3v) is 4.55. The molecule has 0 saturated heterocycles. The van der Waals surface area contributed by atoms with Gasteiger partial charge >= 0.3 is 6.18 Å². The number of aliphatic imine (C=N–C) groups is 1. The van der Waals surface area contributed by atoms with Crippen LogP contribution >= 0.6 is 11.3 Å². The van der Waals surface area contributed by atoms with E-state index in [0.717, 1.165) is 4.68 Å². The van der Waals surface area contributed by atoms with E-state index in [-0.39, 0.29) is 18.0 Å². The smallest absolute Gasteiger partial charge is 0.356 e. The average molecular weight is 359 g/mol. The molecule has 5 nitrogen and oxygen atoms in total. The van der Waals surface area contributed by atoms with Gasteiger partial charge in [0.25, 0.3) is 0 Å². The van der Waals surface area contributed by atoms with Crippen LogP contribution in [0.3, 0.4) is 0 Å². The van der Waals surface area contributed by atoms with Crippen LogP contribution in [0.5, 0.6) is 0 Å². The minimum Gasteiger partial charge on any atom is -0.356 e. The Morgan fingerprint density at radius 3 is 2.75 bits per heavy atom. The van der Waals surface area contributed by atoms with E-state index >= 15 is 0 Å². The first-order valence-electron chi connectivity index (χ1n) is 7.39. The molecule has 0 radical (unpaired) electrons. The number of nitrogens with zero attached hydrogens (tertiary/aromatic N) is 3. The molecule has 2 aromatic heterocycles. The van der Waals surface area contributed by atoms with Gasteiger partial charge in [-0.2, -0.15) is 18.3 Å². The summed E-state index contributed by atoms with van der Waals surface area (Å²) in [5, 5.41) is 11.5. The fourth-order valence-electron chi connectivity index (χ4n) is 2.23. The summed E-state index contributed by atoms with van der Waals surface area (Å²) in [6, 6.07) is 4.04. The van der Waals surface area contributed by atoms with Crippen LogP contribution in [0.4, 0.5) is 13.2 Å². The van der Waals surface area contributed by atoms with Crippen molar-refractivity contribution in [1.82, 2.24) is 20.4 Å². The predicted molar refractivity (Wildman–Crippen MR) is 89.1 cm³/mol. The summed E-state index contributed by atoms with van der Waals surface area (Å²) in [5.41, 5.74) is -0.792. The number of halogens is 3. The highest BCUT2D eigenvalue weighted by Gasteiger charge is 2.36. The summed E-state index contributed by atoms with van der Waals surface area (Å²) in [5.74, 6) is 0.739. The molecule has 24 heavy (non-hydrogen) atoms. The zero-order valence-electron chi connectivity index (χ0n) is 13.7. The summed E-state index contributed by atoms with van der Waals surface area (Å²) in [7, 11) is 3.05. The van der Waals surface area contributed by atoms with Gasteiger partial charge in [-0.3, -0.25) is 9.67 Å². The van der Waals surface area contributed by atoms with Crippen molar-refractivity contribution in [3.05, 3.63) is 39.8 Å². The van der Waals surface area contributed by atoms with Crippen molar-refractivity contribution in [1.29, 1.82) is 0 Å². The summed E-state index contributed by atoms with van der Waals surface area (Å²) in [4.78, 5) is 5.28. The fourth-order valence-corrected chi connectivity index (χ4v) is 3.01. The molecule has 0 saturated carbocycles. The third-order valence-electron chi connectivity index (χ3n) is 3.45. The maximum Gasteiger partial charge on any atom is 0.435 e. The van der Waals surface area contributed by atoms with Crippen LogP contribution in [0.2, 0.25) is 0 Å². The maximum absolute atomic E-state index is 12.9. The lowest BCUT2D eigenvalue weighted by Gasteiger charge is -2.15. The minimum atomic E-state index is -4.47. The molecule has 2 N–H and O–H groups in total. The number of hydrogen-bond acceptors (Lipinski definition) is 3. The molecule has 132 valence electrons. The topological polar surface area (TPSA) is 54.2 Å². The first-order chi connectivity index (χ1) is 11.3. The van der Waals surface area contributed by atoms with Crippen molar-refractivity contribution in [2.75, 3.05) is 13.6 Å². The second-order valence-corrected chi connectivity index (χ2v) is 6.38. The molecule has 0 spiro atoms. The van der Waals surface area contributed by atoms with Crippen molar-refractivity contribution in [3.8, 4) is 0 Å². The third kappa shape index (κ3) is 4.73. The highest BCUT2D eigenvalue weighted by molar-refractivity contribution is 7.10. The van der Waals surface area contributed by atoms with Gasteiger partial charge in [0.1, 0.15) is 0 Å². The Morgan fingerprint density at radius 1 is 1.42 bits per heavy atom. The zero-order chi connectivity index (χ0) is 17.7. The molecule has 0 fully saturated rings. The molecule has 0 aliphatic carbocycles. The number of alkyl halides is 3. The zero-order valence-corrected chi connectivity index (χ0v) is 14.5. The lowest BCUT2D eigenvalue weighted by Crippen LogP contribution is -2.38. The summed E-state index contributed by atoms with van der Waals surface area (Å²) in [6.45, 7) is 2.71. The minimum absolute atomic E-state index is 0.00423. The van der Waals surface area contributed by atoms with Crippen LogP contribution in [-0.2, 0) is 19.8 Å². The van der Waals surface area contributed by atoms with Crippen LogP contribution in [0.1, 0.15) is 29.0 Å². The maximum atomic E-state index is 12.9. The Balaban J connectivity index is 1.93. The van der Waals surface area contributed by atoms with Gasteiger partial charge in [-0.25, -0.2) is 0 Å². The van der Waals surface area contributed by atoms with Crippen molar-refractivity contribution >= 4 is 17.3 Å². The van der Waals surface area contributed by atoms with Crippen molar-refractivity contribution in [2.24, 2.45) is 12.0 Å². The molecular weight excluding hydrogens is 339 g/mol. The van der Waals surface area contributed by atoms with Gasteiger partial charge in [-0.1, -0.05) is 13.0 Å². The van der Waals surface area contributed by atoms with Gasteiger partial charge in [0.15, 0.2) is 11.7 Å². The van der Waals surface area contributed by atoms with Gasteiger partial charge < -0.3 is 10.6 Å². The normalized spacial score (nSPS) is 13.8. The predicted octanol–water partition coefficient (Wildman–Crippen LogP) is 2.97. The molecule has 0 aromatic carbocycles. The van der Waals surface area contributed by atoms with E-state index in [1.165, 1.54) is 18.1 Å². The van der Waals surface area contributed by atoms with Gasteiger partial charge in [0, 0.05) is 49.7 Å². The fraction of sp³-hybridized carbons (Fsp3) is 0.467. The van der Waals surface area contributed by atoms with E-state index in [1.807, 2.05) is 11.4 Å². The molecule has 0 aliphatic heterocycles. The number of thiophene rings is 1. The Morgan fingerprint density at radius 2 is 2.17 bits per heavy atom. The highest BCUT2D eigenvalue weighted by atomic mass is 32.1. The molecular formula is C15H20F3N5S. The van der Waals surface area contributed by atoms with E-state index in [2.05, 4.69) is 33.7 Å². The molecule has 9 heteroatoms. The molecule has 2 heterocycles. The number of hydrogen-bond donors (Lipinski definition) is 2. The Hall–Kier alpha value is -2.03. The largest absolute Gasteiger partial charge is 0.435 e. The van der Waals surface area contributed by atoms with Gasteiger partial charge in [-0.05, 0) is 11.4 Å². The summed E-state index contributed by atoms with van der Waals surface area (Å²) >= 11 is 1.67. The lowest BCUT2D eigenvalue weighted by molar-refractivity contribution is -0.142. The van der Waals surface area contributed by atoms with Gasteiger partial charge in [0.2, 0.25) is 0 Å². The Labute approximate surface area is 142 Å². The lowest BCUT2D eigenvalue weighted by atomic mass is 10.1. The first-order valence-corrected chi connectivity index (χ1v) is 8.27. The van der Waals surface area contributed by atoms with Crippen LogP contribution in [0.25, 0.3) is 0 Å². The number of aromatic nitrogens is 2. The van der Waals surface area contributed by atoms with Crippen LogP contribution in [-0.4, -0.2) is 29.3 Å². The average Bonchev–Trinajstić information content (AvgIpc) is 3.16. The summed E-state index contributed by atoms with van der Waals surface area (Å²) < 4.78 is 40.0. The SMILES string of the molecule is CN=C(NCc1cn(C)nc1C(F)(F)F)NCC(C)c1cccs1. The second kappa shape index (κ2) is 7.69. The van der Waals surface area contributed by atoms with Crippen molar-refractivity contribution in [2.45, 2.75) is 25.6 Å². The quantitative estimate of drug-likeness (QED) is 0.637. The summed E-state index contributed by atoms with van der Waals surface area (Å²) in [6.07, 6.45) is -3.11. The number of nitrogens with one attached hydrogen (secondary N) is 2. The first kappa shape index (κ1) is 18.3. The monoisotopic (exact) mass is 359 g/mol. The van der Waals surface area contributed by atoms with Crippen LogP contribution in [0, 0.1) is 0 Å². The van der Waals surface area contributed by atoms with E-state index in [0.29, 0.717) is 12.5 Å². The molecule has 0 aliphatic rings. The molecule has 1 atom stereocenters. The molecule has 2 aromatic rings. The van der Waals surface area contributed by atoms with Crippen molar-refractivity contribution in [3.63, 3.8) is 0 Å². The molecule has 2 rings (SSSR count). The standard InChI is InChI=1S/C15H20F3N5S/c1-10(12-5-4-6-24-12)7-20-14(19-2)21-8-11-9-23(3)22-13(11)15(16,17)18/h4-6,9-10H,7-8H2,1-3H3,(H2,19,20,21).